The summed E-state index contributed by atoms with van der Waals surface area (Å²) < 4.78 is 15.7. The maximum Gasteiger partial charge on any atom is 0.246 e. The minimum atomic E-state index is -0.352. The second-order valence-corrected chi connectivity index (χ2v) is 5.62. The molecule has 7 heteroatoms. The second kappa shape index (κ2) is 11.5. The highest BCUT2D eigenvalue weighted by atomic mass is 16.5. The molecule has 0 aliphatic carbocycles. The minimum absolute atomic E-state index is 0.0983. The van der Waals surface area contributed by atoms with Gasteiger partial charge in [-0.2, -0.15) is 0 Å². The molecular weight excluding hydrogens is 348 g/mol. The van der Waals surface area contributed by atoms with Crippen LogP contribution in [0.25, 0.3) is 0 Å². The molecule has 0 saturated carbocycles. The van der Waals surface area contributed by atoms with Crippen molar-refractivity contribution in [1.29, 1.82) is 0 Å². The van der Waals surface area contributed by atoms with Crippen molar-refractivity contribution in [2.24, 2.45) is 0 Å². The first-order chi connectivity index (χ1) is 13.2. The van der Waals surface area contributed by atoms with E-state index in [4.69, 9.17) is 14.2 Å². The van der Waals surface area contributed by atoms with Gasteiger partial charge in [0.25, 0.3) is 0 Å². The van der Waals surface area contributed by atoms with E-state index in [9.17, 15) is 9.59 Å². The first-order valence-corrected chi connectivity index (χ1v) is 8.59. The number of methoxy groups -OCH3 is 1. The summed E-state index contributed by atoms with van der Waals surface area (Å²) in [5.74, 6) is 0.881. The van der Waals surface area contributed by atoms with E-state index in [1.807, 2.05) is 54.6 Å². The number of ether oxygens (including phenoxy) is 3. The summed E-state index contributed by atoms with van der Waals surface area (Å²) in [4.78, 5) is 23.4. The fourth-order valence-corrected chi connectivity index (χ4v) is 2.14. The van der Waals surface area contributed by atoms with Crippen molar-refractivity contribution in [2.45, 2.75) is 6.54 Å². The van der Waals surface area contributed by atoms with Gasteiger partial charge in [0.1, 0.15) is 24.7 Å². The van der Waals surface area contributed by atoms with Crippen LogP contribution in [-0.2, 0) is 20.9 Å². The summed E-state index contributed by atoms with van der Waals surface area (Å²) in [6.45, 7) is 0.792. The highest BCUT2D eigenvalue weighted by Gasteiger charge is 2.06. The predicted molar refractivity (Wildman–Crippen MR) is 101 cm³/mol. The maximum atomic E-state index is 11.8. The van der Waals surface area contributed by atoms with Crippen molar-refractivity contribution in [2.75, 3.05) is 33.5 Å². The Labute approximate surface area is 158 Å². The Morgan fingerprint density at radius 1 is 0.852 bits per heavy atom. The van der Waals surface area contributed by atoms with Crippen LogP contribution in [0.5, 0.6) is 11.5 Å². The number of hydrogen-bond donors (Lipinski definition) is 2. The number of amides is 2. The predicted octanol–water partition coefficient (Wildman–Crippen LogP) is 1.52. The molecule has 0 aromatic heterocycles. The van der Waals surface area contributed by atoms with Crippen molar-refractivity contribution in [3.63, 3.8) is 0 Å². The molecule has 0 unspecified atom stereocenters. The molecule has 2 rings (SSSR count). The van der Waals surface area contributed by atoms with E-state index in [2.05, 4.69) is 10.6 Å². The summed E-state index contributed by atoms with van der Waals surface area (Å²) in [7, 11) is 1.60. The number of para-hydroxylation sites is 1. The lowest BCUT2D eigenvalue weighted by Gasteiger charge is -2.09. The van der Waals surface area contributed by atoms with Crippen LogP contribution in [0, 0.1) is 0 Å². The Morgan fingerprint density at radius 3 is 2.30 bits per heavy atom. The molecule has 27 heavy (non-hydrogen) atoms. The zero-order valence-electron chi connectivity index (χ0n) is 15.3. The van der Waals surface area contributed by atoms with Crippen LogP contribution in [0.3, 0.4) is 0 Å². The van der Waals surface area contributed by atoms with Crippen LogP contribution in [0.1, 0.15) is 5.56 Å². The number of benzene rings is 2. The molecule has 0 radical (unpaired) electrons. The molecule has 2 aromatic carbocycles. The Morgan fingerprint density at radius 2 is 1.59 bits per heavy atom. The molecule has 0 heterocycles. The van der Waals surface area contributed by atoms with Gasteiger partial charge in [0.15, 0.2) is 0 Å². The average molecular weight is 372 g/mol. The number of hydrogen-bond acceptors (Lipinski definition) is 5. The molecule has 0 aliphatic rings. The average Bonchev–Trinajstić information content (AvgIpc) is 2.71. The fourth-order valence-electron chi connectivity index (χ4n) is 2.14. The molecule has 0 saturated heterocycles. The van der Waals surface area contributed by atoms with Crippen molar-refractivity contribution in [3.8, 4) is 11.5 Å². The van der Waals surface area contributed by atoms with Gasteiger partial charge in [0.2, 0.25) is 11.8 Å². The third-order valence-electron chi connectivity index (χ3n) is 3.57. The van der Waals surface area contributed by atoms with Gasteiger partial charge in [0.05, 0.1) is 20.3 Å². The molecule has 2 aromatic rings. The molecule has 0 aliphatic heterocycles. The summed E-state index contributed by atoms with van der Waals surface area (Å²) in [5, 5.41) is 5.24. The lowest BCUT2D eigenvalue weighted by molar-refractivity contribution is -0.129. The summed E-state index contributed by atoms with van der Waals surface area (Å²) in [6.07, 6.45) is 0. The number of carbonyl (C=O) groups excluding carboxylic acids is 2. The van der Waals surface area contributed by atoms with Gasteiger partial charge < -0.3 is 24.8 Å². The van der Waals surface area contributed by atoms with Crippen LogP contribution in [0.2, 0.25) is 0 Å². The van der Waals surface area contributed by atoms with Crippen molar-refractivity contribution >= 4 is 11.8 Å². The van der Waals surface area contributed by atoms with E-state index < -0.39 is 0 Å². The molecule has 0 spiro atoms. The lowest BCUT2D eigenvalue weighted by Crippen LogP contribution is -2.38. The second-order valence-electron chi connectivity index (χ2n) is 5.62. The zero-order valence-corrected chi connectivity index (χ0v) is 15.3. The highest BCUT2D eigenvalue weighted by Crippen LogP contribution is 2.10. The molecule has 2 amide bonds. The maximum absolute atomic E-state index is 11.8. The van der Waals surface area contributed by atoms with Crippen molar-refractivity contribution in [1.82, 2.24) is 10.6 Å². The van der Waals surface area contributed by atoms with Gasteiger partial charge >= 0.3 is 0 Å². The summed E-state index contributed by atoms with van der Waals surface area (Å²) in [5.41, 5.74) is 0.942. The van der Waals surface area contributed by atoms with E-state index in [0.29, 0.717) is 13.2 Å². The molecule has 0 fully saturated rings. The normalized spacial score (nSPS) is 10.1. The smallest absolute Gasteiger partial charge is 0.246 e. The Hall–Kier alpha value is -3.06. The number of carbonyl (C=O) groups is 2. The largest absolute Gasteiger partial charge is 0.497 e. The van der Waals surface area contributed by atoms with Crippen LogP contribution in [0.4, 0.5) is 0 Å². The summed E-state index contributed by atoms with van der Waals surface area (Å²) >= 11 is 0. The van der Waals surface area contributed by atoms with Crippen molar-refractivity contribution < 1.29 is 23.8 Å². The molecule has 7 nitrogen and oxygen atoms in total. The molecule has 0 bridgehead atoms. The van der Waals surface area contributed by atoms with Crippen LogP contribution in [0.15, 0.2) is 54.6 Å². The number of nitrogens with one attached hydrogen (secondary N) is 2. The van der Waals surface area contributed by atoms with Gasteiger partial charge in [-0.15, -0.1) is 0 Å². The fraction of sp³-hybridized carbons (Fsp3) is 0.300. The topological polar surface area (TPSA) is 85.9 Å². The Kier molecular flexibility index (Phi) is 8.65. The molecule has 144 valence electrons. The standard InChI is InChI=1S/C20H24N2O5/c1-25-17-9-7-16(8-10-17)13-21-19(23)14-22-20(24)15-26-11-12-27-18-5-3-2-4-6-18/h2-10H,11-15H2,1H3,(H,21,23)(H,22,24). The van der Waals surface area contributed by atoms with Crippen LogP contribution in [-0.4, -0.2) is 45.3 Å². The number of rotatable bonds is 11. The van der Waals surface area contributed by atoms with Gasteiger partial charge in [-0.1, -0.05) is 30.3 Å². The van der Waals surface area contributed by atoms with E-state index in [1.165, 1.54) is 0 Å². The van der Waals surface area contributed by atoms with Crippen molar-refractivity contribution in [3.05, 3.63) is 60.2 Å². The first-order valence-electron chi connectivity index (χ1n) is 8.59. The lowest BCUT2D eigenvalue weighted by atomic mass is 10.2. The molecule has 0 atom stereocenters. The third-order valence-corrected chi connectivity index (χ3v) is 3.57. The monoisotopic (exact) mass is 372 g/mol. The molecular formula is C20H24N2O5. The van der Waals surface area contributed by atoms with E-state index >= 15 is 0 Å². The van der Waals surface area contributed by atoms with Gasteiger partial charge in [-0.25, -0.2) is 0 Å². The van der Waals surface area contributed by atoms with E-state index in [1.54, 1.807) is 7.11 Å². The van der Waals surface area contributed by atoms with E-state index in [-0.39, 0.29) is 31.6 Å². The van der Waals surface area contributed by atoms with Crippen LogP contribution >= 0.6 is 0 Å². The Balaban J connectivity index is 1.52. The van der Waals surface area contributed by atoms with Gasteiger partial charge in [0, 0.05) is 6.54 Å². The zero-order chi connectivity index (χ0) is 19.3. The van der Waals surface area contributed by atoms with Crippen LogP contribution < -0.4 is 20.1 Å². The van der Waals surface area contributed by atoms with E-state index in [0.717, 1.165) is 17.1 Å². The third kappa shape index (κ3) is 8.24. The van der Waals surface area contributed by atoms with Gasteiger partial charge in [-0.3, -0.25) is 9.59 Å². The summed E-state index contributed by atoms with van der Waals surface area (Å²) in [6, 6.07) is 16.7. The quantitative estimate of drug-likeness (QED) is 0.584. The molecule has 2 N–H and O–H groups in total. The minimum Gasteiger partial charge on any atom is -0.497 e. The Bertz CT molecular complexity index is 704. The highest BCUT2D eigenvalue weighted by molar-refractivity contribution is 5.85. The van der Waals surface area contributed by atoms with Gasteiger partial charge in [-0.05, 0) is 29.8 Å². The first kappa shape index (κ1) is 20.3. The SMILES string of the molecule is COc1ccc(CNC(=O)CNC(=O)COCCOc2ccccc2)cc1.